The Kier molecular flexibility index (Phi) is 4.54. The van der Waals surface area contributed by atoms with Crippen LogP contribution in [-0.4, -0.2) is 34.0 Å². The van der Waals surface area contributed by atoms with Crippen molar-refractivity contribution >= 4 is 22.5 Å². The molecule has 1 amide bonds. The van der Waals surface area contributed by atoms with Gasteiger partial charge in [-0.15, -0.1) is 0 Å². The van der Waals surface area contributed by atoms with Crippen molar-refractivity contribution < 1.29 is 14.6 Å². The molecule has 1 heterocycles. The first kappa shape index (κ1) is 15.1. The minimum atomic E-state index is -0.150. The molecule has 0 aliphatic heterocycles. The van der Waals surface area contributed by atoms with Gasteiger partial charge in [-0.05, 0) is 30.3 Å². The number of ether oxygens (including phenoxy) is 1. The fourth-order valence-electron chi connectivity index (χ4n) is 2.29. The Hall–Kier alpha value is -2.86. The zero-order valence-electron chi connectivity index (χ0n) is 12.5. The summed E-state index contributed by atoms with van der Waals surface area (Å²) in [5, 5.41) is 16.8. The van der Waals surface area contributed by atoms with E-state index in [1.807, 2.05) is 24.3 Å². The highest BCUT2D eigenvalue weighted by atomic mass is 16.5. The summed E-state index contributed by atoms with van der Waals surface area (Å²) in [6, 6.07) is 14.8. The number of hydrogen-bond acceptors (Lipinski definition) is 4. The van der Waals surface area contributed by atoms with Gasteiger partial charge in [0.05, 0.1) is 18.3 Å². The van der Waals surface area contributed by atoms with Crippen molar-refractivity contribution in [3.63, 3.8) is 0 Å². The van der Waals surface area contributed by atoms with Gasteiger partial charge in [-0.3, -0.25) is 9.48 Å². The third kappa shape index (κ3) is 3.67. The van der Waals surface area contributed by atoms with Crippen molar-refractivity contribution in [3.05, 3.63) is 54.7 Å². The zero-order valence-corrected chi connectivity index (χ0v) is 12.5. The molecule has 6 nitrogen and oxygen atoms in total. The van der Waals surface area contributed by atoms with E-state index in [-0.39, 0.29) is 25.7 Å². The van der Waals surface area contributed by atoms with Gasteiger partial charge >= 0.3 is 0 Å². The maximum atomic E-state index is 12.1. The van der Waals surface area contributed by atoms with E-state index in [2.05, 4.69) is 10.4 Å². The minimum absolute atomic E-state index is 0.0314. The van der Waals surface area contributed by atoms with E-state index >= 15 is 0 Å². The molecule has 0 aliphatic rings. The van der Waals surface area contributed by atoms with Crippen molar-refractivity contribution in [2.75, 3.05) is 18.5 Å². The second-order valence-electron chi connectivity index (χ2n) is 5.01. The molecule has 2 aromatic carbocycles. The second-order valence-corrected chi connectivity index (χ2v) is 5.01. The molecule has 2 N–H and O–H groups in total. The lowest BCUT2D eigenvalue weighted by atomic mass is 10.2. The number of rotatable bonds is 6. The summed E-state index contributed by atoms with van der Waals surface area (Å²) in [6.07, 6.45) is 1.75. The molecule has 0 spiro atoms. The first-order valence-electron chi connectivity index (χ1n) is 7.30. The van der Waals surface area contributed by atoms with Gasteiger partial charge < -0.3 is 15.2 Å². The quantitative estimate of drug-likeness (QED) is 0.730. The average molecular weight is 311 g/mol. The normalized spacial score (nSPS) is 10.7. The Morgan fingerprint density at radius 3 is 2.74 bits per heavy atom. The van der Waals surface area contributed by atoms with Gasteiger partial charge in [0.25, 0.3) is 0 Å². The van der Waals surface area contributed by atoms with Crippen molar-refractivity contribution in [2.24, 2.45) is 0 Å². The molecule has 0 radical (unpaired) electrons. The number of carbonyl (C=O) groups is 1. The zero-order chi connectivity index (χ0) is 16.1. The molecule has 0 atom stereocenters. The van der Waals surface area contributed by atoms with Gasteiger partial charge in [0.15, 0.2) is 0 Å². The van der Waals surface area contributed by atoms with Crippen LogP contribution in [0.4, 0.5) is 5.69 Å². The lowest BCUT2D eigenvalue weighted by molar-refractivity contribution is -0.116. The molecule has 118 valence electrons. The molecule has 0 saturated carbocycles. The molecule has 1 aromatic heterocycles. The number of benzene rings is 2. The van der Waals surface area contributed by atoms with Gasteiger partial charge in [0.2, 0.25) is 5.91 Å². The SMILES string of the molecule is O=C(Cn1ncc2ccccc21)Nc1ccc(OCCO)cc1. The van der Waals surface area contributed by atoms with E-state index in [4.69, 9.17) is 9.84 Å². The van der Waals surface area contributed by atoms with Crippen molar-refractivity contribution in [1.82, 2.24) is 9.78 Å². The second kappa shape index (κ2) is 6.93. The number of nitrogens with one attached hydrogen (secondary N) is 1. The van der Waals surface area contributed by atoms with Crippen LogP contribution in [0.15, 0.2) is 54.7 Å². The van der Waals surface area contributed by atoms with Crippen LogP contribution >= 0.6 is 0 Å². The first-order chi connectivity index (χ1) is 11.3. The fraction of sp³-hybridized carbons (Fsp3) is 0.176. The van der Waals surface area contributed by atoms with Crippen LogP contribution in [0, 0.1) is 0 Å². The Labute approximate surface area is 133 Å². The van der Waals surface area contributed by atoms with E-state index in [1.54, 1.807) is 35.1 Å². The van der Waals surface area contributed by atoms with Crippen molar-refractivity contribution in [3.8, 4) is 5.75 Å². The minimum Gasteiger partial charge on any atom is -0.491 e. The topological polar surface area (TPSA) is 76.4 Å². The van der Waals surface area contributed by atoms with Gasteiger partial charge in [-0.2, -0.15) is 5.10 Å². The third-order valence-corrected chi connectivity index (χ3v) is 3.34. The highest BCUT2D eigenvalue weighted by Crippen LogP contribution is 2.16. The number of aliphatic hydroxyl groups is 1. The third-order valence-electron chi connectivity index (χ3n) is 3.34. The lowest BCUT2D eigenvalue weighted by Gasteiger charge is -2.08. The van der Waals surface area contributed by atoms with E-state index < -0.39 is 0 Å². The number of hydrogen-bond donors (Lipinski definition) is 2. The molecular weight excluding hydrogens is 294 g/mol. The number of carbonyl (C=O) groups excluding carboxylic acids is 1. The molecule has 3 aromatic rings. The number of amides is 1. The number of anilines is 1. The van der Waals surface area contributed by atoms with Gasteiger partial charge in [0.1, 0.15) is 18.9 Å². The van der Waals surface area contributed by atoms with E-state index in [9.17, 15) is 4.79 Å². The number of fused-ring (bicyclic) bond motifs is 1. The summed E-state index contributed by atoms with van der Waals surface area (Å²) in [6.45, 7) is 0.366. The molecule has 6 heteroatoms. The molecule has 0 bridgehead atoms. The molecule has 0 unspecified atom stereocenters. The van der Waals surface area contributed by atoms with Crippen LogP contribution in [0.2, 0.25) is 0 Å². The molecule has 3 rings (SSSR count). The molecule has 0 fully saturated rings. The van der Waals surface area contributed by atoms with Gasteiger partial charge in [0, 0.05) is 11.1 Å². The van der Waals surface area contributed by atoms with Gasteiger partial charge in [-0.1, -0.05) is 18.2 Å². The highest BCUT2D eigenvalue weighted by molar-refractivity contribution is 5.91. The van der Waals surface area contributed by atoms with E-state index in [1.165, 1.54) is 0 Å². The fourth-order valence-corrected chi connectivity index (χ4v) is 2.29. The maximum Gasteiger partial charge on any atom is 0.246 e. The Bertz CT molecular complexity index is 796. The van der Waals surface area contributed by atoms with E-state index in [0.717, 1.165) is 10.9 Å². The summed E-state index contributed by atoms with van der Waals surface area (Å²) in [5.41, 5.74) is 1.61. The first-order valence-corrected chi connectivity index (χ1v) is 7.30. The van der Waals surface area contributed by atoms with Crippen molar-refractivity contribution in [2.45, 2.75) is 6.54 Å². The van der Waals surface area contributed by atoms with Crippen LogP contribution in [0.25, 0.3) is 10.9 Å². The Morgan fingerprint density at radius 2 is 1.96 bits per heavy atom. The summed E-state index contributed by atoms with van der Waals surface area (Å²) >= 11 is 0. The highest BCUT2D eigenvalue weighted by Gasteiger charge is 2.07. The van der Waals surface area contributed by atoms with E-state index in [0.29, 0.717) is 11.4 Å². The Balaban J connectivity index is 1.63. The van der Waals surface area contributed by atoms with Crippen LogP contribution in [0.3, 0.4) is 0 Å². The number of aliphatic hydroxyl groups excluding tert-OH is 1. The number of para-hydroxylation sites is 1. The smallest absolute Gasteiger partial charge is 0.246 e. The molecule has 23 heavy (non-hydrogen) atoms. The summed E-state index contributed by atoms with van der Waals surface area (Å²) in [4.78, 5) is 12.1. The standard InChI is InChI=1S/C17H17N3O3/c21-9-10-23-15-7-5-14(6-8-15)19-17(22)12-20-16-4-2-1-3-13(16)11-18-20/h1-8,11,21H,9-10,12H2,(H,19,22). The Morgan fingerprint density at radius 1 is 1.17 bits per heavy atom. The maximum absolute atomic E-state index is 12.1. The van der Waals surface area contributed by atoms with Gasteiger partial charge in [-0.25, -0.2) is 0 Å². The largest absolute Gasteiger partial charge is 0.491 e. The number of aromatic nitrogens is 2. The monoisotopic (exact) mass is 311 g/mol. The molecule has 0 saturated heterocycles. The predicted octanol–water partition coefficient (Wildman–Crippen LogP) is 2.05. The van der Waals surface area contributed by atoms with Crippen molar-refractivity contribution in [1.29, 1.82) is 0 Å². The van der Waals surface area contributed by atoms with Crippen LogP contribution in [-0.2, 0) is 11.3 Å². The number of nitrogens with zero attached hydrogens (tertiary/aromatic N) is 2. The summed E-state index contributed by atoms with van der Waals surface area (Å²) in [5.74, 6) is 0.498. The molecule has 0 aliphatic carbocycles. The van der Waals surface area contributed by atoms with Crippen LogP contribution < -0.4 is 10.1 Å². The summed E-state index contributed by atoms with van der Waals surface area (Å²) in [7, 11) is 0. The van der Waals surface area contributed by atoms with Crippen LogP contribution in [0.5, 0.6) is 5.75 Å². The molecular formula is C17H17N3O3. The predicted molar refractivity (Wildman–Crippen MR) is 87.4 cm³/mol. The van der Waals surface area contributed by atoms with Crippen LogP contribution in [0.1, 0.15) is 0 Å². The summed E-state index contributed by atoms with van der Waals surface area (Å²) < 4.78 is 6.94. The lowest BCUT2D eigenvalue weighted by Crippen LogP contribution is -2.19. The average Bonchev–Trinajstić information content (AvgIpc) is 2.97.